The molecule has 0 unspecified atom stereocenters. The summed E-state index contributed by atoms with van der Waals surface area (Å²) < 4.78 is 30.8. The second-order valence-corrected chi connectivity index (χ2v) is 7.73. The van der Waals surface area contributed by atoms with Crippen LogP contribution >= 0.6 is 11.3 Å². The van der Waals surface area contributed by atoms with Crippen molar-refractivity contribution in [1.82, 2.24) is 14.5 Å². The van der Waals surface area contributed by atoms with E-state index in [4.69, 9.17) is 4.74 Å². The number of ether oxygens (including phenoxy) is 1. The Balaban J connectivity index is 2.14. The lowest BCUT2D eigenvalue weighted by molar-refractivity contribution is 0.102. The molecule has 1 amide bonds. The largest absolute Gasteiger partial charge is 0.497 e. The molecule has 0 aliphatic rings. The minimum absolute atomic E-state index is 0.126. The Morgan fingerprint density at radius 3 is 2.38 bits per heavy atom. The van der Waals surface area contributed by atoms with Crippen LogP contribution in [0.4, 0.5) is 5.13 Å². The fourth-order valence-electron chi connectivity index (χ4n) is 1.95. The van der Waals surface area contributed by atoms with Crippen molar-refractivity contribution < 1.29 is 17.9 Å². The maximum absolute atomic E-state index is 12.3. The van der Waals surface area contributed by atoms with E-state index in [1.807, 2.05) is 0 Å². The fraction of sp³-hybridized carbons (Fsp3) is 0.357. The van der Waals surface area contributed by atoms with E-state index < -0.39 is 15.9 Å². The van der Waals surface area contributed by atoms with Crippen LogP contribution in [0.25, 0.3) is 0 Å². The first-order valence-corrected chi connectivity index (χ1v) is 9.47. The molecule has 130 valence electrons. The normalized spacial score (nSPS) is 11.5. The van der Waals surface area contributed by atoms with Crippen molar-refractivity contribution in [2.45, 2.75) is 18.2 Å². The highest BCUT2D eigenvalue weighted by molar-refractivity contribution is 7.91. The standard InChI is InChI=1S/C14H18N4O4S2/c1-4-18(5-2)24(20,21)14-17-16-13(23-14)15-12(19)10-6-8-11(22-3)9-7-10/h6-9H,4-5H2,1-3H3,(H,15,16,19). The second kappa shape index (κ2) is 7.69. The Morgan fingerprint density at radius 1 is 1.21 bits per heavy atom. The topological polar surface area (TPSA) is 101 Å². The van der Waals surface area contributed by atoms with Crippen LogP contribution in [-0.4, -0.2) is 49.0 Å². The first kappa shape index (κ1) is 18.3. The molecule has 0 aliphatic carbocycles. The van der Waals surface area contributed by atoms with Crippen molar-refractivity contribution in [2.24, 2.45) is 0 Å². The Labute approximate surface area is 144 Å². The summed E-state index contributed by atoms with van der Waals surface area (Å²) in [6, 6.07) is 6.52. The molecular weight excluding hydrogens is 352 g/mol. The molecule has 0 fully saturated rings. The minimum Gasteiger partial charge on any atom is -0.497 e. The molecule has 24 heavy (non-hydrogen) atoms. The van der Waals surface area contributed by atoms with Crippen LogP contribution in [0.5, 0.6) is 5.75 Å². The summed E-state index contributed by atoms with van der Waals surface area (Å²) in [5.41, 5.74) is 0.402. The highest BCUT2D eigenvalue weighted by Crippen LogP contribution is 2.23. The predicted octanol–water partition coefficient (Wildman–Crippen LogP) is 1.83. The highest BCUT2D eigenvalue weighted by Gasteiger charge is 2.26. The SMILES string of the molecule is CCN(CC)S(=O)(=O)c1nnc(NC(=O)c2ccc(OC)cc2)s1. The number of amides is 1. The lowest BCUT2D eigenvalue weighted by atomic mass is 10.2. The molecule has 1 aromatic heterocycles. The number of methoxy groups -OCH3 is 1. The predicted molar refractivity (Wildman–Crippen MR) is 91.0 cm³/mol. The zero-order chi connectivity index (χ0) is 17.7. The van der Waals surface area contributed by atoms with Gasteiger partial charge in [0.2, 0.25) is 9.47 Å². The molecule has 0 aliphatic heterocycles. The van der Waals surface area contributed by atoms with Gasteiger partial charge < -0.3 is 4.74 Å². The number of nitrogens with one attached hydrogen (secondary N) is 1. The molecule has 2 aromatic rings. The van der Waals surface area contributed by atoms with Crippen LogP contribution in [0.2, 0.25) is 0 Å². The fourth-order valence-corrected chi connectivity index (χ4v) is 4.44. The lowest BCUT2D eigenvalue weighted by Crippen LogP contribution is -2.30. The van der Waals surface area contributed by atoms with Gasteiger partial charge in [-0.1, -0.05) is 25.2 Å². The molecule has 1 N–H and O–H groups in total. The number of carbonyl (C=O) groups is 1. The van der Waals surface area contributed by atoms with Gasteiger partial charge in [-0.05, 0) is 24.3 Å². The Kier molecular flexibility index (Phi) is 5.86. The zero-order valence-corrected chi connectivity index (χ0v) is 15.1. The van der Waals surface area contributed by atoms with E-state index in [2.05, 4.69) is 15.5 Å². The molecule has 0 spiro atoms. The van der Waals surface area contributed by atoms with Crippen molar-refractivity contribution in [3.63, 3.8) is 0 Å². The van der Waals surface area contributed by atoms with Crippen LogP contribution in [0, 0.1) is 0 Å². The van der Waals surface area contributed by atoms with Crippen LogP contribution in [0.1, 0.15) is 24.2 Å². The number of hydrogen-bond donors (Lipinski definition) is 1. The van der Waals surface area contributed by atoms with Gasteiger partial charge in [0.1, 0.15) is 5.75 Å². The van der Waals surface area contributed by atoms with Crippen molar-refractivity contribution in [1.29, 1.82) is 0 Å². The van der Waals surface area contributed by atoms with Gasteiger partial charge in [-0.3, -0.25) is 10.1 Å². The third-order valence-corrected chi connectivity index (χ3v) is 6.48. The Hall–Kier alpha value is -2.04. The van der Waals surface area contributed by atoms with Crippen LogP contribution < -0.4 is 10.1 Å². The van der Waals surface area contributed by atoms with Crippen LogP contribution in [-0.2, 0) is 10.0 Å². The molecular formula is C14H18N4O4S2. The smallest absolute Gasteiger partial charge is 0.272 e. The van der Waals surface area contributed by atoms with E-state index in [-0.39, 0.29) is 9.47 Å². The summed E-state index contributed by atoms with van der Waals surface area (Å²) in [5, 5.41) is 10.1. The van der Waals surface area contributed by atoms with Crippen molar-refractivity contribution in [2.75, 3.05) is 25.5 Å². The molecule has 0 saturated heterocycles. The number of rotatable bonds is 7. The average molecular weight is 370 g/mol. The van der Waals surface area contributed by atoms with Gasteiger partial charge in [0.05, 0.1) is 7.11 Å². The molecule has 10 heteroatoms. The van der Waals surface area contributed by atoms with E-state index in [1.165, 1.54) is 11.4 Å². The first-order valence-electron chi connectivity index (χ1n) is 7.21. The minimum atomic E-state index is -3.68. The molecule has 2 rings (SSSR count). The van der Waals surface area contributed by atoms with E-state index in [9.17, 15) is 13.2 Å². The molecule has 0 bridgehead atoms. The number of nitrogens with zero attached hydrogens (tertiary/aromatic N) is 3. The van der Waals surface area contributed by atoms with E-state index in [0.717, 1.165) is 11.3 Å². The lowest BCUT2D eigenvalue weighted by Gasteiger charge is -2.15. The van der Waals surface area contributed by atoms with E-state index in [1.54, 1.807) is 38.1 Å². The first-order chi connectivity index (χ1) is 11.4. The third-order valence-electron chi connectivity index (χ3n) is 3.25. The number of sulfonamides is 1. The molecule has 1 aromatic carbocycles. The van der Waals surface area contributed by atoms with Gasteiger partial charge in [0, 0.05) is 18.7 Å². The Morgan fingerprint density at radius 2 is 1.83 bits per heavy atom. The van der Waals surface area contributed by atoms with Crippen LogP contribution in [0.15, 0.2) is 28.6 Å². The number of benzene rings is 1. The molecule has 0 atom stereocenters. The van der Waals surface area contributed by atoms with Crippen molar-refractivity contribution in [3.8, 4) is 5.75 Å². The third kappa shape index (κ3) is 3.89. The van der Waals surface area contributed by atoms with Gasteiger partial charge in [-0.2, -0.15) is 4.31 Å². The summed E-state index contributed by atoms with van der Waals surface area (Å²) in [7, 11) is -2.14. The molecule has 8 nitrogen and oxygen atoms in total. The second-order valence-electron chi connectivity index (χ2n) is 4.65. The maximum atomic E-state index is 12.3. The van der Waals surface area contributed by atoms with Crippen molar-refractivity contribution >= 4 is 32.4 Å². The van der Waals surface area contributed by atoms with Crippen LogP contribution in [0.3, 0.4) is 0 Å². The Bertz CT molecular complexity index is 798. The number of anilines is 1. The summed E-state index contributed by atoms with van der Waals surface area (Å²) in [4.78, 5) is 12.1. The summed E-state index contributed by atoms with van der Waals surface area (Å²) in [6.45, 7) is 4.17. The molecule has 1 heterocycles. The summed E-state index contributed by atoms with van der Waals surface area (Å²) in [6.07, 6.45) is 0. The number of aromatic nitrogens is 2. The van der Waals surface area contributed by atoms with Gasteiger partial charge in [0.15, 0.2) is 0 Å². The average Bonchev–Trinajstić information content (AvgIpc) is 3.05. The summed E-state index contributed by atoms with van der Waals surface area (Å²) in [5.74, 6) is 0.232. The highest BCUT2D eigenvalue weighted by atomic mass is 32.2. The van der Waals surface area contributed by atoms with E-state index >= 15 is 0 Å². The van der Waals surface area contributed by atoms with Gasteiger partial charge in [-0.25, -0.2) is 8.42 Å². The number of carbonyl (C=O) groups excluding carboxylic acids is 1. The monoisotopic (exact) mass is 370 g/mol. The zero-order valence-electron chi connectivity index (χ0n) is 13.5. The molecule has 0 saturated carbocycles. The summed E-state index contributed by atoms with van der Waals surface area (Å²) >= 11 is 0.821. The van der Waals surface area contributed by atoms with Crippen molar-refractivity contribution in [3.05, 3.63) is 29.8 Å². The maximum Gasteiger partial charge on any atom is 0.272 e. The number of hydrogen-bond acceptors (Lipinski definition) is 7. The van der Waals surface area contributed by atoms with Gasteiger partial charge in [0.25, 0.3) is 15.9 Å². The van der Waals surface area contributed by atoms with E-state index in [0.29, 0.717) is 24.4 Å². The van der Waals surface area contributed by atoms with Gasteiger partial charge in [-0.15, -0.1) is 10.2 Å². The quantitative estimate of drug-likeness (QED) is 0.746. The molecule has 0 radical (unpaired) electrons. The van der Waals surface area contributed by atoms with Gasteiger partial charge >= 0.3 is 0 Å².